The molecule has 0 bridgehead atoms. The van der Waals surface area contributed by atoms with Gasteiger partial charge < -0.3 is 0 Å². The van der Waals surface area contributed by atoms with Gasteiger partial charge in [-0.1, -0.05) is 33.8 Å². The summed E-state index contributed by atoms with van der Waals surface area (Å²) in [4.78, 5) is 16.7. The number of carbonyl (C=O) groups excluding carboxylic acids is 1. The Kier molecular flexibility index (Phi) is 2.94. The molecule has 0 aliphatic heterocycles. The Morgan fingerprint density at radius 1 is 1.10 bits per heavy atom. The molecule has 1 saturated carbocycles. The van der Waals surface area contributed by atoms with Crippen molar-refractivity contribution in [3.63, 3.8) is 0 Å². The number of carbonyl (C=O) groups is 1. The van der Waals surface area contributed by atoms with Crippen molar-refractivity contribution in [1.29, 1.82) is 0 Å². The summed E-state index contributed by atoms with van der Waals surface area (Å²) in [7, 11) is 0. The van der Waals surface area contributed by atoms with E-state index in [2.05, 4.69) is 43.5 Å². The second-order valence-corrected chi connectivity index (χ2v) is 6.87. The molecule has 4 nitrogen and oxygen atoms in total. The first kappa shape index (κ1) is 13.9. The predicted octanol–water partition coefficient (Wildman–Crippen LogP) is 3.36. The van der Waals surface area contributed by atoms with E-state index in [1.165, 1.54) is 0 Å². The van der Waals surface area contributed by atoms with E-state index in [1.807, 2.05) is 30.3 Å². The van der Waals surface area contributed by atoms with Crippen LogP contribution in [0.4, 0.5) is 5.69 Å². The van der Waals surface area contributed by atoms with Crippen molar-refractivity contribution < 1.29 is 4.79 Å². The monoisotopic (exact) mass is 283 g/mol. The third kappa shape index (κ3) is 2.06. The fraction of sp³-hybridized carbons (Fsp3) is 0.412. The summed E-state index contributed by atoms with van der Waals surface area (Å²) < 4.78 is 0. The second kappa shape index (κ2) is 4.45. The van der Waals surface area contributed by atoms with Crippen molar-refractivity contribution in [1.82, 2.24) is 10.4 Å². The lowest BCUT2D eigenvalue weighted by molar-refractivity contribution is -0.122. The number of amides is 1. The summed E-state index contributed by atoms with van der Waals surface area (Å²) in [5.74, 6) is 0.0801. The molecular formula is C17H21N3O. The van der Waals surface area contributed by atoms with E-state index < -0.39 is 0 Å². The van der Waals surface area contributed by atoms with Crippen LogP contribution in [0, 0.1) is 16.7 Å². The maximum absolute atomic E-state index is 12.4. The maximum atomic E-state index is 12.4. The van der Waals surface area contributed by atoms with Gasteiger partial charge in [-0.3, -0.25) is 20.6 Å². The molecule has 3 rings (SSSR count). The van der Waals surface area contributed by atoms with Crippen LogP contribution in [0.5, 0.6) is 0 Å². The van der Waals surface area contributed by atoms with Crippen molar-refractivity contribution in [2.45, 2.75) is 27.7 Å². The summed E-state index contributed by atoms with van der Waals surface area (Å²) in [5.41, 5.74) is 7.75. The fourth-order valence-electron chi connectivity index (χ4n) is 3.27. The quantitative estimate of drug-likeness (QED) is 0.849. The Labute approximate surface area is 124 Å². The number of aromatic nitrogens is 1. The number of rotatable bonds is 3. The van der Waals surface area contributed by atoms with Gasteiger partial charge in [-0.25, -0.2) is 0 Å². The molecule has 0 atom stereocenters. The molecule has 1 aliphatic rings. The molecule has 1 aromatic heterocycles. The van der Waals surface area contributed by atoms with Gasteiger partial charge in [-0.2, -0.15) is 0 Å². The number of hydrogen-bond donors (Lipinski definition) is 2. The molecule has 2 N–H and O–H groups in total. The van der Waals surface area contributed by atoms with Crippen LogP contribution in [0.2, 0.25) is 0 Å². The number of nitrogens with one attached hydrogen (secondary N) is 2. The minimum absolute atomic E-state index is 0.0330. The number of hydrazine groups is 1. The van der Waals surface area contributed by atoms with Gasteiger partial charge in [0.15, 0.2) is 0 Å². The number of pyridine rings is 1. The van der Waals surface area contributed by atoms with Crippen molar-refractivity contribution in [3.8, 4) is 0 Å². The topological polar surface area (TPSA) is 54.0 Å². The van der Waals surface area contributed by atoms with E-state index in [-0.39, 0.29) is 22.7 Å². The van der Waals surface area contributed by atoms with Crippen molar-refractivity contribution in [3.05, 3.63) is 36.5 Å². The lowest BCUT2D eigenvalue weighted by atomic mass is 10.0. The molecule has 1 amide bonds. The van der Waals surface area contributed by atoms with Crippen LogP contribution in [0.3, 0.4) is 0 Å². The third-order valence-electron chi connectivity index (χ3n) is 5.25. The molecule has 2 aromatic rings. The van der Waals surface area contributed by atoms with Crippen LogP contribution in [0.25, 0.3) is 10.9 Å². The molecule has 0 spiro atoms. The predicted molar refractivity (Wildman–Crippen MR) is 84.6 cm³/mol. The van der Waals surface area contributed by atoms with Gasteiger partial charge in [0.1, 0.15) is 0 Å². The molecule has 21 heavy (non-hydrogen) atoms. The molecule has 0 unspecified atom stereocenters. The normalized spacial score (nSPS) is 19.2. The molecule has 1 fully saturated rings. The van der Waals surface area contributed by atoms with E-state index in [1.54, 1.807) is 6.20 Å². The minimum atomic E-state index is 0.0330. The highest BCUT2D eigenvalue weighted by Gasteiger charge is 2.68. The molecular weight excluding hydrogens is 262 g/mol. The maximum Gasteiger partial charge on any atom is 0.242 e. The highest BCUT2D eigenvalue weighted by Crippen LogP contribution is 2.68. The summed E-state index contributed by atoms with van der Waals surface area (Å²) in [5, 5.41) is 0.995. The van der Waals surface area contributed by atoms with Crippen LogP contribution in [0.15, 0.2) is 36.5 Å². The van der Waals surface area contributed by atoms with Crippen molar-refractivity contribution in [2.75, 3.05) is 5.43 Å². The van der Waals surface area contributed by atoms with Crippen LogP contribution < -0.4 is 10.9 Å². The van der Waals surface area contributed by atoms with Gasteiger partial charge in [-0.05, 0) is 35.1 Å². The van der Waals surface area contributed by atoms with Crippen LogP contribution in [-0.4, -0.2) is 10.9 Å². The van der Waals surface area contributed by atoms with Gasteiger partial charge in [0, 0.05) is 11.6 Å². The highest BCUT2D eigenvalue weighted by atomic mass is 16.2. The van der Waals surface area contributed by atoms with Gasteiger partial charge in [0.05, 0.1) is 17.1 Å². The van der Waals surface area contributed by atoms with Crippen molar-refractivity contribution in [2.24, 2.45) is 16.7 Å². The van der Waals surface area contributed by atoms with E-state index in [0.717, 1.165) is 16.6 Å². The second-order valence-electron chi connectivity index (χ2n) is 6.87. The zero-order valence-corrected chi connectivity index (χ0v) is 12.9. The Morgan fingerprint density at radius 2 is 1.81 bits per heavy atom. The zero-order chi connectivity index (χ0) is 15.3. The van der Waals surface area contributed by atoms with Gasteiger partial charge in [-0.15, -0.1) is 0 Å². The molecule has 1 heterocycles. The van der Waals surface area contributed by atoms with Crippen LogP contribution >= 0.6 is 0 Å². The number of nitrogens with zero attached hydrogens (tertiary/aromatic N) is 1. The SMILES string of the molecule is CC1(C)C(C(=O)NNc2cccc3ncccc23)C1(C)C. The average molecular weight is 283 g/mol. The highest BCUT2D eigenvalue weighted by molar-refractivity contribution is 5.92. The van der Waals surface area contributed by atoms with E-state index >= 15 is 0 Å². The summed E-state index contributed by atoms with van der Waals surface area (Å²) in [6.45, 7) is 8.55. The third-order valence-corrected chi connectivity index (χ3v) is 5.25. The molecule has 0 saturated heterocycles. The zero-order valence-electron chi connectivity index (χ0n) is 12.9. The Morgan fingerprint density at radius 3 is 2.48 bits per heavy atom. The first-order valence-electron chi connectivity index (χ1n) is 7.25. The Balaban J connectivity index is 1.75. The Bertz CT molecular complexity index is 687. The summed E-state index contributed by atoms with van der Waals surface area (Å²) in [6.07, 6.45) is 1.76. The number of benzene rings is 1. The van der Waals surface area contributed by atoms with Crippen molar-refractivity contribution >= 4 is 22.5 Å². The first-order valence-corrected chi connectivity index (χ1v) is 7.25. The summed E-state index contributed by atoms with van der Waals surface area (Å²) >= 11 is 0. The average Bonchev–Trinajstić information content (AvgIpc) is 2.86. The van der Waals surface area contributed by atoms with Crippen LogP contribution in [-0.2, 0) is 4.79 Å². The molecule has 1 aliphatic carbocycles. The van der Waals surface area contributed by atoms with E-state index in [9.17, 15) is 4.79 Å². The van der Waals surface area contributed by atoms with Gasteiger partial charge in [0.2, 0.25) is 5.91 Å². The standard InChI is InChI=1S/C17H21N3O/c1-16(2)14(17(16,3)4)15(21)20-19-13-9-5-8-12-11(13)7-6-10-18-12/h5-10,14,19H,1-4H3,(H,20,21). The smallest absolute Gasteiger partial charge is 0.242 e. The Hall–Kier alpha value is -2.10. The molecule has 1 aromatic carbocycles. The number of hydrogen-bond acceptors (Lipinski definition) is 3. The number of anilines is 1. The number of fused-ring (bicyclic) bond motifs is 1. The fourth-order valence-corrected chi connectivity index (χ4v) is 3.27. The lowest BCUT2D eigenvalue weighted by Crippen LogP contribution is -2.32. The molecule has 0 radical (unpaired) electrons. The molecule has 110 valence electrons. The summed E-state index contributed by atoms with van der Waals surface area (Å²) in [6, 6.07) is 9.70. The largest absolute Gasteiger partial charge is 0.298 e. The van der Waals surface area contributed by atoms with E-state index in [4.69, 9.17) is 0 Å². The van der Waals surface area contributed by atoms with E-state index in [0.29, 0.717) is 0 Å². The lowest BCUT2D eigenvalue weighted by Gasteiger charge is -2.11. The van der Waals surface area contributed by atoms with Gasteiger partial charge >= 0.3 is 0 Å². The molecule has 4 heteroatoms. The van der Waals surface area contributed by atoms with Crippen LogP contribution in [0.1, 0.15) is 27.7 Å². The first-order chi connectivity index (χ1) is 9.85. The van der Waals surface area contributed by atoms with Gasteiger partial charge in [0.25, 0.3) is 0 Å². The minimum Gasteiger partial charge on any atom is -0.298 e.